The normalized spacial score (nSPS) is 20.4. The average Bonchev–Trinajstić information content (AvgIpc) is 3.03. The fourth-order valence-electron chi connectivity index (χ4n) is 2.67. The number of carbonyl (C=O) groups is 1. The van der Waals surface area contributed by atoms with Crippen LogP contribution in [0.1, 0.15) is 26.0 Å². The lowest BCUT2D eigenvalue weighted by molar-refractivity contribution is 0.0758. The third-order valence-corrected chi connectivity index (χ3v) is 7.60. The first-order valence-electron chi connectivity index (χ1n) is 7.19. The first kappa shape index (κ1) is 16.5. The summed E-state index contributed by atoms with van der Waals surface area (Å²) in [7, 11) is -3.21. The molecule has 4 nitrogen and oxygen atoms in total. The molecule has 0 saturated carbocycles. The molecular formula is C16H16ClNO3S2. The van der Waals surface area contributed by atoms with Gasteiger partial charge in [0.05, 0.1) is 5.75 Å². The van der Waals surface area contributed by atoms with Gasteiger partial charge < -0.3 is 4.90 Å². The molecule has 1 saturated heterocycles. The lowest BCUT2D eigenvalue weighted by atomic mass is 10.1. The molecule has 1 atom stereocenters. The van der Waals surface area contributed by atoms with Crippen molar-refractivity contribution in [2.24, 2.45) is 0 Å². The minimum Gasteiger partial charge on any atom is -0.336 e. The Kier molecular flexibility index (Phi) is 4.49. The molecule has 23 heavy (non-hydrogen) atoms. The average molecular weight is 370 g/mol. The Morgan fingerprint density at radius 2 is 2.13 bits per heavy atom. The maximum atomic E-state index is 12.7. The Hall–Kier alpha value is -1.37. The standard InChI is InChI=1S/C16H16ClNO3S2/c1-11-9-12(4-5-13(11)17)16(19)18-6-8-23(20,21)15(10-18)14-3-2-7-22-14/h2-5,7,9,15H,6,8,10H2,1H3/t15-/m1/s1. The summed E-state index contributed by atoms with van der Waals surface area (Å²) >= 11 is 7.41. The number of aryl methyl sites for hydroxylation is 1. The van der Waals surface area contributed by atoms with Crippen molar-refractivity contribution >= 4 is 38.7 Å². The summed E-state index contributed by atoms with van der Waals surface area (Å²) in [6.07, 6.45) is 0. The van der Waals surface area contributed by atoms with E-state index in [-0.39, 0.29) is 24.7 Å². The molecule has 0 bridgehead atoms. The molecule has 0 spiro atoms. The van der Waals surface area contributed by atoms with Gasteiger partial charge in [-0.15, -0.1) is 11.3 Å². The lowest BCUT2D eigenvalue weighted by Crippen LogP contribution is -2.45. The van der Waals surface area contributed by atoms with E-state index < -0.39 is 15.1 Å². The maximum Gasteiger partial charge on any atom is 0.253 e. The van der Waals surface area contributed by atoms with Crippen LogP contribution in [-0.4, -0.2) is 38.1 Å². The zero-order chi connectivity index (χ0) is 16.6. The second-order valence-corrected chi connectivity index (χ2v) is 9.28. The summed E-state index contributed by atoms with van der Waals surface area (Å²) in [5.41, 5.74) is 1.37. The Labute approximate surface area is 144 Å². The molecule has 1 aromatic carbocycles. The molecule has 1 aliphatic rings. The van der Waals surface area contributed by atoms with Gasteiger partial charge in [-0.05, 0) is 42.1 Å². The van der Waals surface area contributed by atoms with Crippen LogP contribution in [0.4, 0.5) is 0 Å². The minimum absolute atomic E-state index is 0.00607. The van der Waals surface area contributed by atoms with E-state index in [0.29, 0.717) is 10.6 Å². The van der Waals surface area contributed by atoms with Gasteiger partial charge in [0.25, 0.3) is 5.91 Å². The van der Waals surface area contributed by atoms with Crippen molar-refractivity contribution in [2.75, 3.05) is 18.8 Å². The van der Waals surface area contributed by atoms with Gasteiger partial charge in [-0.2, -0.15) is 0 Å². The number of carbonyl (C=O) groups excluding carboxylic acids is 1. The highest BCUT2D eigenvalue weighted by Crippen LogP contribution is 2.31. The summed E-state index contributed by atoms with van der Waals surface area (Å²) in [5, 5.41) is 1.83. The van der Waals surface area contributed by atoms with Crippen molar-refractivity contribution in [3.63, 3.8) is 0 Å². The zero-order valence-corrected chi connectivity index (χ0v) is 14.9. The number of halogens is 1. The van der Waals surface area contributed by atoms with Gasteiger partial charge in [0, 0.05) is 28.6 Å². The van der Waals surface area contributed by atoms with Gasteiger partial charge in [0.1, 0.15) is 5.25 Å². The summed E-state index contributed by atoms with van der Waals surface area (Å²) in [4.78, 5) is 15.1. The van der Waals surface area contributed by atoms with Crippen LogP contribution in [0.25, 0.3) is 0 Å². The van der Waals surface area contributed by atoms with Crippen LogP contribution in [0.2, 0.25) is 5.02 Å². The van der Waals surface area contributed by atoms with E-state index in [0.717, 1.165) is 10.4 Å². The zero-order valence-electron chi connectivity index (χ0n) is 12.5. The van der Waals surface area contributed by atoms with E-state index in [1.807, 2.05) is 24.4 Å². The monoisotopic (exact) mass is 369 g/mol. The predicted molar refractivity (Wildman–Crippen MR) is 92.9 cm³/mol. The number of hydrogen-bond acceptors (Lipinski definition) is 4. The number of hydrogen-bond donors (Lipinski definition) is 0. The molecule has 1 aliphatic heterocycles. The molecule has 0 N–H and O–H groups in total. The van der Waals surface area contributed by atoms with Crippen molar-refractivity contribution < 1.29 is 13.2 Å². The maximum absolute atomic E-state index is 12.7. The molecule has 3 rings (SSSR count). The third-order valence-electron chi connectivity index (χ3n) is 4.02. The fourth-order valence-corrected chi connectivity index (χ4v) is 5.69. The van der Waals surface area contributed by atoms with Gasteiger partial charge in [0.15, 0.2) is 9.84 Å². The number of benzene rings is 1. The summed E-state index contributed by atoms with van der Waals surface area (Å²) in [6, 6.07) is 8.77. The van der Waals surface area contributed by atoms with Crippen molar-refractivity contribution in [2.45, 2.75) is 12.2 Å². The number of amides is 1. The SMILES string of the molecule is Cc1cc(C(=O)N2CCS(=O)(=O)[C@@H](c3cccs3)C2)ccc1Cl. The Morgan fingerprint density at radius 1 is 1.35 bits per heavy atom. The highest BCUT2D eigenvalue weighted by molar-refractivity contribution is 7.91. The van der Waals surface area contributed by atoms with Crippen LogP contribution in [0.5, 0.6) is 0 Å². The molecule has 1 amide bonds. The molecule has 2 aromatic rings. The van der Waals surface area contributed by atoms with Crippen LogP contribution in [0, 0.1) is 6.92 Å². The summed E-state index contributed by atoms with van der Waals surface area (Å²) in [5.74, 6) is -0.158. The van der Waals surface area contributed by atoms with Gasteiger partial charge in [-0.1, -0.05) is 17.7 Å². The Balaban J connectivity index is 1.86. The van der Waals surface area contributed by atoms with Crippen molar-refractivity contribution in [3.05, 3.63) is 56.7 Å². The summed E-state index contributed by atoms with van der Waals surface area (Å²) < 4.78 is 24.7. The van der Waals surface area contributed by atoms with Gasteiger partial charge in [-0.3, -0.25) is 4.79 Å². The van der Waals surface area contributed by atoms with Crippen molar-refractivity contribution in [3.8, 4) is 0 Å². The van der Waals surface area contributed by atoms with E-state index in [1.165, 1.54) is 11.3 Å². The van der Waals surface area contributed by atoms with Crippen LogP contribution in [0.3, 0.4) is 0 Å². The van der Waals surface area contributed by atoms with E-state index in [9.17, 15) is 13.2 Å². The van der Waals surface area contributed by atoms with E-state index in [2.05, 4.69) is 0 Å². The molecule has 122 valence electrons. The fraction of sp³-hybridized carbons (Fsp3) is 0.312. The molecule has 7 heteroatoms. The first-order chi connectivity index (χ1) is 10.9. The van der Waals surface area contributed by atoms with Crippen molar-refractivity contribution in [1.82, 2.24) is 4.90 Å². The predicted octanol–water partition coefficient (Wildman–Crippen LogP) is 3.32. The molecule has 1 aromatic heterocycles. The van der Waals surface area contributed by atoms with Crippen molar-refractivity contribution in [1.29, 1.82) is 0 Å². The second kappa shape index (κ2) is 6.26. The quantitative estimate of drug-likeness (QED) is 0.815. The van der Waals surface area contributed by atoms with Crippen LogP contribution in [-0.2, 0) is 9.84 Å². The minimum atomic E-state index is -3.21. The molecule has 1 fully saturated rings. The molecule has 2 heterocycles. The number of rotatable bonds is 2. The number of thiophene rings is 1. The van der Waals surface area contributed by atoms with E-state index in [1.54, 1.807) is 23.1 Å². The van der Waals surface area contributed by atoms with Gasteiger partial charge in [-0.25, -0.2) is 8.42 Å². The van der Waals surface area contributed by atoms with E-state index in [4.69, 9.17) is 11.6 Å². The second-order valence-electron chi connectivity index (χ2n) is 5.59. The largest absolute Gasteiger partial charge is 0.336 e. The first-order valence-corrected chi connectivity index (χ1v) is 10.2. The molecular weight excluding hydrogens is 354 g/mol. The molecule has 0 unspecified atom stereocenters. The van der Waals surface area contributed by atoms with Gasteiger partial charge >= 0.3 is 0 Å². The highest BCUT2D eigenvalue weighted by Gasteiger charge is 2.36. The topological polar surface area (TPSA) is 54.5 Å². The molecule has 0 radical (unpaired) electrons. The Morgan fingerprint density at radius 3 is 2.78 bits per heavy atom. The third kappa shape index (κ3) is 3.29. The lowest BCUT2D eigenvalue weighted by Gasteiger charge is -2.32. The van der Waals surface area contributed by atoms with Crippen LogP contribution < -0.4 is 0 Å². The van der Waals surface area contributed by atoms with Crippen LogP contribution in [0.15, 0.2) is 35.7 Å². The number of nitrogens with zero attached hydrogens (tertiary/aromatic N) is 1. The number of sulfone groups is 1. The summed E-state index contributed by atoms with van der Waals surface area (Å²) in [6.45, 7) is 2.27. The smallest absolute Gasteiger partial charge is 0.253 e. The van der Waals surface area contributed by atoms with E-state index >= 15 is 0 Å². The highest BCUT2D eigenvalue weighted by atomic mass is 35.5. The molecule has 0 aliphatic carbocycles. The Bertz CT molecular complexity index is 831. The van der Waals surface area contributed by atoms with Crippen LogP contribution >= 0.6 is 22.9 Å². The van der Waals surface area contributed by atoms with Gasteiger partial charge in [0.2, 0.25) is 0 Å².